The fourth-order valence-electron chi connectivity index (χ4n) is 2.72. The van der Waals surface area contributed by atoms with Crippen LogP contribution in [0.5, 0.6) is 0 Å². The van der Waals surface area contributed by atoms with Crippen LogP contribution in [0.25, 0.3) is 0 Å². The Morgan fingerprint density at radius 2 is 1.95 bits per heavy atom. The fourth-order valence-corrected chi connectivity index (χ4v) is 2.72. The van der Waals surface area contributed by atoms with Crippen LogP contribution in [0.3, 0.4) is 0 Å². The average molecular weight is 292 g/mol. The Bertz CT molecular complexity index is 605. The number of carbonyl (C=O) groups is 2. The second-order valence-corrected chi connectivity index (χ2v) is 5.26. The second kappa shape index (κ2) is 5.51. The van der Waals surface area contributed by atoms with Gasteiger partial charge in [-0.15, -0.1) is 0 Å². The van der Waals surface area contributed by atoms with Crippen molar-refractivity contribution in [3.63, 3.8) is 0 Å². The molecule has 7 nitrogen and oxygen atoms in total. The Morgan fingerprint density at radius 3 is 2.48 bits per heavy atom. The van der Waals surface area contributed by atoms with Crippen LogP contribution >= 0.6 is 0 Å². The van der Waals surface area contributed by atoms with E-state index in [4.69, 9.17) is 0 Å². The summed E-state index contributed by atoms with van der Waals surface area (Å²) >= 11 is 0. The second-order valence-electron chi connectivity index (χ2n) is 5.26. The first-order valence-electron chi connectivity index (χ1n) is 6.67. The van der Waals surface area contributed by atoms with E-state index in [1.807, 2.05) is 0 Å². The number of nitro benzene ring substituents is 1. The van der Waals surface area contributed by atoms with Crippen molar-refractivity contribution >= 4 is 17.6 Å². The van der Waals surface area contributed by atoms with Crippen LogP contribution < -0.4 is 5.32 Å². The molecule has 112 valence electrons. The van der Waals surface area contributed by atoms with E-state index in [2.05, 4.69) is 5.32 Å². The molecule has 7 heteroatoms. The highest BCUT2D eigenvalue weighted by molar-refractivity contribution is 5.99. The summed E-state index contributed by atoms with van der Waals surface area (Å²) in [6.07, 6.45) is 2.23. The molecular weight excluding hydrogens is 276 g/mol. The van der Waals surface area contributed by atoms with E-state index in [1.54, 1.807) is 0 Å². The van der Waals surface area contributed by atoms with Crippen molar-refractivity contribution in [1.82, 2.24) is 5.32 Å². The van der Waals surface area contributed by atoms with E-state index in [9.17, 15) is 24.8 Å². The minimum Gasteiger partial charge on any atom is -0.480 e. The lowest BCUT2D eigenvalue weighted by Gasteiger charge is -2.25. The lowest BCUT2D eigenvalue weighted by molar-refractivity contribution is -0.385. The molecule has 21 heavy (non-hydrogen) atoms. The highest BCUT2D eigenvalue weighted by atomic mass is 16.6. The molecule has 2 rings (SSSR count). The van der Waals surface area contributed by atoms with Gasteiger partial charge in [0.15, 0.2) is 0 Å². The number of nitrogens with zero attached hydrogens (tertiary/aromatic N) is 1. The van der Waals surface area contributed by atoms with Gasteiger partial charge in [0.25, 0.3) is 11.6 Å². The van der Waals surface area contributed by atoms with E-state index < -0.39 is 22.3 Å². The number of amides is 1. The maximum atomic E-state index is 12.3. The van der Waals surface area contributed by atoms with Crippen LogP contribution in [-0.2, 0) is 4.79 Å². The van der Waals surface area contributed by atoms with Gasteiger partial charge in [-0.25, -0.2) is 4.79 Å². The molecule has 0 heterocycles. The first-order chi connectivity index (χ1) is 9.87. The zero-order chi connectivity index (χ0) is 15.6. The molecule has 0 aromatic heterocycles. The van der Waals surface area contributed by atoms with Crippen molar-refractivity contribution in [3.8, 4) is 0 Å². The Kier molecular flexibility index (Phi) is 3.93. The SMILES string of the molecule is Cc1c(C(=O)NC2(C(=O)O)CCCC2)cccc1[N+](=O)[O-]. The van der Waals surface area contributed by atoms with Crippen LogP contribution in [0.15, 0.2) is 18.2 Å². The summed E-state index contributed by atoms with van der Waals surface area (Å²) in [7, 11) is 0. The van der Waals surface area contributed by atoms with Gasteiger partial charge in [0.05, 0.1) is 4.92 Å². The topological polar surface area (TPSA) is 110 Å². The van der Waals surface area contributed by atoms with Gasteiger partial charge in [-0.3, -0.25) is 14.9 Å². The number of carboxylic acid groups (broad SMARTS) is 1. The summed E-state index contributed by atoms with van der Waals surface area (Å²) in [5.41, 5.74) is -1.04. The van der Waals surface area contributed by atoms with Gasteiger partial charge in [0.2, 0.25) is 0 Å². The molecule has 1 fully saturated rings. The Morgan fingerprint density at radius 1 is 1.33 bits per heavy atom. The van der Waals surface area contributed by atoms with Crippen molar-refractivity contribution in [3.05, 3.63) is 39.4 Å². The van der Waals surface area contributed by atoms with Gasteiger partial charge < -0.3 is 10.4 Å². The van der Waals surface area contributed by atoms with Crippen molar-refractivity contribution < 1.29 is 19.6 Å². The number of carbonyl (C=O) groups excluding carboxylic acids is 1. The zero-order valence-electron chi connectivity index (χ0n) is 11.6. The van der Waals surface area contributed by atoms with E-state index in [1.165, 1.54) is 25.1 Å². The fraction of sp³-hybridized carbons (Fsp3) is 0.429. The highest BCUT2D eigenvalue weighted by Gasteiger charge is 2.43. The molecule has 0 radical (unpaired) electrons. The summed E-state index contributed by atoms with van der Waals surface area (Å²) < 4.78 is 0. The third-order valence-electron chi connectivity index (χ3n) is 3.97. The number of benzene rings is 1. The molecule has 1 aromatic carbocycles. The Labute approximate surface area is 121 Å². The summed E-state index contributed by atoms with van der Waals surface area (Å²) in [4.78, 5) is 34.1. The van der Waals surface area contributed by atoms with Crippen molar-refractivity contribution in [1.29, 1.82) is 0 Å². The van der Waals surface area contributed by atoms with Crippen LogP contribution in [0.2, 0.25) is 0 Å². The Hall–Kier alpha value is -2.44. The quantitative estimate of drug-likeness (QED) is 0.651. The molecule has 0 unspecified atom stereocenters. The molecule has 0 atom stereocenters. The molecule has 1 aromatic rings. The smallest absolute Gasteiger partial charge is 0.329 e. The van der Waals surface area contributed by atoms with E-state index >= 15 is 0 Å². The van der Waals surface area contributed by atoms with Crippen LogP contribution in [0.4, 0.5) is 5.69 Å². The van der Waals surface area contributed by atoms with Gasteiger partial charge >= 0.3 is 5.97 Å². The maximum absolute atomic E-state index is 12.3. The minimum atomic E-state index is -1.26. The largest absolute Gasteiger partial charge is 0.480 e. The summed E-state index contributed by atoms with van der Waals surface area (Å²) in [6.45, 7) is 1.48. The Balaban J connectivity index is 2.31. The number of hydrogen-bond donors (Lipinski definition) is 2. The van der Waals surface area contributed by atoms with Crippen LogP contribution in [0.1, 0.15) is 41.6 Å². The molecule has 0 aliphatic heterocycles. The number of nitro groups is 1. The first-order valence-corrected chi connectivity index (χ1v) is 6.67. The molecule has 1 saturated carbocycles. The third kappa shape index (κ3) is 2.72. The highest BCUT2D eigenvalue weighted by Crippen LogP contribution is 2.31. The molecule has 2 N–H and O–H groups in total. The van der Waals surface area contributed by atoms with Gasteiger partial charge in [-0.2, -0.15) is 0 Å². The molecule has 0 saturated heterocycles. The van der Waals surface area contributed by atoms with Gasteiger partial charge in [0.1, 0.15) is 5.54 Å². The molecule has 0 bridgehead atoms. The summed E-state index contributed by atoms with van der Waals surface area (Å²) in [5.74, 6) is -1.64. The first kappa shape index (κ1) is 15.0. The van der Waals surface area contributed by atoms with Crippen LogP contribution in [0, 0.1) is 17.0 Å². The maximum Gasteiger partial charge on any atom is 0.329 e. The van der Waals surface area contributed by atoms with Crippen molar-refractivity contribution in [2.45, 2.75) is 38.1 Å². The van der Waals surface area contributed by atoms with Gasteiger partial charge in [0, 0.05) is 17.2 Å². The lowest BCUT2D eigenvalue weighted by Crippen LogP contribution is -2.52. The number of aliphatic carboxylic acids is 1. The van der Waals surface area contributed by atoms with Gasteiger partial charge in [-0.05, 0) is 25.8 Å². The van der Waals surface area contributed by atoms with Crippen LogP contribution in [-0.4, -0.2) is 27.4 Å². The zero-order valence-corrected chi connectivity index (χ0v) is 11.6. The molecule has 1 aliphatic carbocycles. The summed E-state index contributed by atoms with van der Waals surface area (Å²) in [5, 5.41) is 22.8. The van der Waals surface area contributed by atoms with E-state index in [0.29, 0.717) is 12.8 Å². The number of carboxylic acids is 1. The standard InChI is InChI=1S/C14H16N2O5/c1-9-10(5-4-6-11(9)16(20)21)12(17)15-14(13(18)19)7-2-3-8-14/h4-6H,2-3,7-8H2,1H3,(H,15,17)(H,18,19). The minimum absolute atomic E-state index is 0.136. The number of hydrogen-bond acceptors (Lipinski definition) is 4. The normalized spacial score (nSPS) is 16.4. The molecule has 1 aliphatic rings. The summed E-state index contributed by atoms with van der Waals surface area (Å²) in [6, 6.07) is 4.19. The number of rotatable bonds is 4. The number of nitrogens with one attached hydrogen (secondary N) is 1. The van der Waals surface area contributed by atoms with Gasteiger partial charge in [-0.1, -0.05) is 18.9 Å². The predicted octanol–water partition coefficient (Wildman–Crippen LogP) is 2.03. The van der Waals surface area contributed by atoms with Crippen molar-refractivity contribution in [2.75, 3.05) is 0 Å². The average Bonchev–Trinajstić information content (AvgIpc) is 2.88. The van der Waals surface area contributed by atoms with E-state index in [0.717, 1.165) is 12.8 Å². The van der Waals surface area contributed by atoms with E-state index in [-0.39, 0.29) is 16.8 Å². The molecule has 1 amide bonds. The predicted molar refractivity (Wildman–Crippen MR) is 74.1 cm³/mol. The third-order valence-corrected chi connectivity index (χ3v) is 3.97. The molecular formula is C14H16N2O5. The molecule has 0 spiro atoms. The van der Waals surface area contributed by atoms with Crippen molar-refractivity contribution in [2.24, 2.45) is 0 Å². The lowest BCUT2D eigenvalue weighted by atomic mass is 9.96. The monoisotopic (exact) mass is 292 g/mol.